The molecule has 4 aromatic rings. The van der Waals surface area contributed by atoms with E-state index in [1.165, 1.54) is 0 Å². The van der Waals surface area contributed by atoms with Crippen LogP contribution in [0.3, 0.4) is 0 Å². The summed E-state index contributed by atoms with van der Waals surface area (Å²) >= 11 is 1.61. The smallest absolute Gasteiger partial charge is 0.244 e. The van der Waals surface area contributed by atoms with Crippen LogP contribution in [0.1, 0.15) is 34.8 Å². The van der Waals surface area contributed by atoms with Crippen molar-refractivity contribution in [2.75, 3.05) is 0 Å². The molecule has 7 heteroatoms. The summed E-state index contributed by atoms with van der Waals surface area (Å²) in [5.41, 5.74) is 3.87. The second kappa shape index (κ2) is 10.1. The predicted molar refractivity (Wildman–Crippen MR) is 127 cm³/mol. The van der Waals surface area contributed by atoms with Gasteiger partial charge in [0.1, 0.15) is 12.4 Å². The molecule has 0 saturated heterocycles. The number of hydrogen-bond donors (Lipinski definition) is 1. The van der Waals surface area contributed by atoms with Gasteiger partial charge in [-0.15, -0.1) is 11.3 Å². The monoisotopic (exact) mass is 444 g/mol. The summed E-state index contributed by atoms with van der Waals surface area (Å²) in [7, 11) is 0. The molecule has 0 aliphatic heterocycles. The van der Waals surface area contributed by atoms with E-state index in [-0.39, 0.29) is 11.9 Å². The molecule has 0 aliphatic carbocycles. The molecule has 0 unspecified atom stereocenters. The van der Waals surface area contributed by atoms with Gasteiger partial charge in [-0.3, -0.25) is 4.79 Å². The van der Waals surface area contributed by atoms with Crippen LogP contribution >= 0.6 is 11.3 Å². The maximum absolute atomic E-state index is 12.4. The molecule has 6 nitrogen and oxygen atoms in total. The zero-order valence-corrected chi connectivity index (χ0v) is 18.8. The Morgan fingerprint density at radius 2 is 2.09 bits per heavy atom. The maximum Gasteiger partial charge on any atom is 0.244 e. The summed E-state index contributed by atoms with van der Waals surface area (Å²) in [5.74, 6) is 0.588. The minimum atomic E-state index is -0.152. The average Bonchev–Trinajstić information content (AvgIpc) is 3.49. The van der Waals surface area contributed by atoms with Gasteiger partial charge in [0, 0.05) is 29.5 Å². The first kappa shape index (κ1) is 21.5. The van der Waals surface area contributed by atoms with Gasteiger partial charge in [-0.25, -0.2) is 9.97 Å². The molecule has 0 aliphatic rings. The van der Waals surface area contributed by atoms with Crippen LogP contribution in [0.25, 0.3) is 11.8 Å². The Bertz CT molecular complexity index is 1200. The van der Waals surface area contributed by atoms with E-state index in [4.69, 9.17) is 4.74 Å². The van der Waals surface area contributed by atoms with E-state index in [0.717, 1.165) is 33.3 Å². The number of amides is 1. The lowest BCUT2D eigenvalue weighted by Crippen LogP contribution is -2.24. The normalized spacial score (nSPS) is 12.1. The van der Waals surface area contributed by atoms with Crippen LogP contribution in [0, 0.1) is 6.92 Å². The summed E-state index contributed by atoms with van der Waals surface area (Å²) in [6.07, 6.45) is 8.71. The molecule has 2 heterocycles. The summed E-state index contributed by atoms with van der Waals surface area (Å²) in [4.78, 5) is 20.9. The number of carbonyl (C=O) groups is 1. The van der Waals surface area contributed by atoms with Gasteiger partial charge >= 0.3 is 0 Å². The number of thiazole rings is 1. The largest absolute Gasteiger partial charge is 0.487 e. The zero-order chi connectivity index (χ0) is 22.3. The van der Waals surface area contributed by atoms with Gasteiger partial charge in [-0.1, -0.05) is 24.3 Å². The van der Waals surface area contributed by atoms with E-state index in [9.17, 15) is 4.79 Å². The van der Waals surface area contributed by atoms with Gasteiger partial charge in [0.15, 0.2) is 0 Å². The minimum absolute atomic E-state index is 0.111. The Hall–Kier alpha value is -3.71. The summed E-state index contributed by atoms with van der Waals surface area (Å²) in [5, 5.41) is 6.02. The molecule has 0 fully saturated rings. The topological polar surface area (TPSA) is 69.0 Å². The first-order valence-electron chi connectivity index (χ1n) is 10.3. The third-order valence-electron chi connectivity index (χ3n) is 4.89. The molecule has 1 amide bonds. The fourth-order valence-electron chi connectivity index (χ4n) is 3.20. The van der Waals surface area contributed by atoms with Crippen molar-refractivity contribution in [2.24, 2.45) is 0 Å². The number of imidazole rings is 1. The van der Waals surface area contributed by atoms with Crippen molar-refractivity contribution in [3.8, 4) is 11.4 Å². The molecular weight excluding hydrogens is 420 g/mol. The highest BCUT2D eigenvalue weighted by Crippen LogP contribution is 2.18. The first-order chi connectivity index (χ1) is 15.6. The number of carbonyl (C=O) groups excluding carboxylic acids is 1. The second-order valence-electron chi connectivity index (χ2n) is 7.34. The average molecular weight is 445 g/mol. The second-order valence-corrected chi connectivity index (χ2v) is 8.41. The molecule has 0 spiro atoms. The van der Waals surface area contributed by atoms with Gasteiger partial charge < -0.3 is 14.6 Å². The van der Waals surface area contributed by atoms with Crippen molar-refractivity contribution in [2.45, 2.75) is 26.5 Å². The Labute approximate surface area is 191 Å². The number of aryl methyl sites for hydroxylation is 1. The van der Waals surface area contributed by atoms with Crippen molar-refractivity contribution in [3.05, 3.63) is 101 Å². The van der Waals surface area contributed by atoms with Crippen molar-refractivity contribution in [3.63, 3.8) is 0 Å². The molecule has 32 heavy (non-hydrogen) atoms. The number of hydrogen-bond acceptors (Lipinski definition) is 5. The first-order valence-corrected chi connectivity index (χ1v) is 11.2. The van der Waals surface area contributed by atoms with E-state index >= 15 is 0 Å². The molecule has 4 rings (SSSR count). The molecule has 2 aromatic carbocycles. The Kier molecular flexibility index (Phi) is 6.77. The summed E-state index contributed by atoms with van der Waals surface area (Å²) in [6, 6.07) is 15.6. The standard InChI is InChI=1S/C25H24N4O2S/c1-18(21-7-9-23(10-8-21)29-13-12-26-17-29)27-25(30)11-6-20-4-3-5-24(14-20)31-15-22-16-32-19(2)28-22/h3-14,16-18H,15H2,1-2H3,(H,27,30)/b11-6-/t18-/m0/s1. The highest BCUT2D eigenvalue weighted by atomic mass is 32.1. The highest BCUT2D eigenvalue weighted by molar-refractivity contribution is 7.09. The minimum Gasteiger partial charge on any atom is -0.487 e. The molecule has 0 bridgehead atoms. The van der Waals surface area contributed by atoms with Crippen LogP contribution in [0.2, 0.25) is 0 Å². The third kappa shape index (κ3) is 5.70. The Morgan fingerprint density at radius 1 is 1.25 bits per heavy atom. The number of nitrogens with one attached hydrogen (secondary N) is 1. The quantitative estimate of drug-likeness (QED) is 0.384. The molecule has 1 atom stereocenters. The summed E-state index contributed by atoms with van der Waals surface area (Å²) in [6.45, 7) is 4.36. The fraction of sp³-hybridized carbons (Fsp3) is 0.160. The van der Waals surface area contributed by atoms with E-state index in [1.807, 2.05) is 78.5 Å². The zero-order valence-electron chi connectivity index (χ0n) is 17.9. The van der Waals surface area contributed by atoms with E-state index in [2.05, 4.69) is 15.3 Å². The SMILES string of the molecule is Cc1nc(COc2cccc(/C=C\C(=O)N[C@@H](C)c3ccc(-n4ccnc4)cc3)c2)cs1. The van der Waals surface area contributed by atoms with Gasteiger partial charge in [0.05, 0.1) is 23.1 Å². The fourth-order valence-corrected chi connectivity index (χ4v) is 3.80. The van der Waals surface area contributed by atoms with Crippen LogP contribution in [0.15, 0.2) is 78.7 Å². The van der Waals surface area contributed by atoms with Crippen LogP contribution in [0.5, 0.6) is 5.75 Å². The van der Waals surface area contributed by atoms with Gasteiger partial charge in [-0.05, 0) is 55.3 Å². The van der Waals surface area contributed by atoms with E-state index < -0.39 is 0 Å². The lowest BCUT2D eigenvalue weighted by molar-refractivity contribution is -0.117. The van der Waals surface area contributed by atoms with Crippen molar-refractivity contribution in [1.82, 2.24) is 19.9 Å². The molecule has 0 saturated carbocycles. The van der Waals surface area contributed by atoms with Gasteiger partial charge in [0.2, 0.25) is 5.91 Å². The van der Waals surface area contributed by atoms with Gasteiger partial charge in [0.25, 0.3) is 0 Å². The number of ether oxygens (including phenoxy) is 1. The molecule has 2 aromatic heterocycles. The van der Waals surface area contributed by atoms with Crippen LogP contribution < -0.4 is 10.1 Å². The Balaban J connectivity index is 1.31. The number of nitrogens with zero attached hydrogens (tertiary/aromatic N) is 3. The van der Waals surface area contributed by atoms with Gasteiger partial charge in [-0.2, -0.15) is 0 Å². The maximum atomic E-state index is 12.4. The molecule has 162 valence electrons. The van der Waals surface area contributed by atoms with Crippen molar-refractivity contribution in [1.29, 1.82) is 0 Å². The third-order valence-corrected chi connectivity index (χ3v) is 5.72. The predicted octanol–water partition coefficient (Wildman–Crippen LogP) is 5.11. The molecule has 0 radical (unpaired) electrons. The van der Waals surface area contributed by atoms with E-state index in [1.54, 1.807) is 36.0 Å². The van der Waals surface area contributed by atoms with Crippen molar-refractivity contribution < 1.29 is 9.53 Å². The van der Waals surface area contributed by atoms with Crippen LogP contribution in [-0.2, 0) is 11.4 Å². The van der Waals surface area contributed by atoms with Crippen LogP contribution in [-0.4, -0.2) is 20.4 Å². The number of rotatable bonds is 8. The van der Waals surface area contributed by atoms with E-state index in [0.29, 0.717) is 6.61 Å². The summed E-state index contributed by atoms with van der Waals surface area (Å²) < 4.78 is 7.75. The highest BCUT2D eigenvalue weighted by Gasteiger charge is 2.08. The molecular formula is C25H24N4O2S. The number of aromatic nitrogens is 3. The van der Waals surface area contributed by atoms with Crippen molar-refractivity contribution >= 4 is 23.3 Å². The molecule has 1 N–H and O–H groups in total. The number of benzene rings is 2. The lowest BCUT2D eigenvalue weighted by atomic mass is 10.1. The Morgan fingerprint density at radius 3 is 2.81 bits per heavy atom. The van der Waals surface area contributed by atoms with Crippen LogP contribution in [0.4, 0.5) is 0 Å². The lowest BCUT2D eigenvalue weighted by Gasteiger charge is -2.14.